The highest BCUT2D eigenvalue weighted by Gasteiger charge is 2.49. The number of phenols is 1. The molecule has 42 heavy (non-hydrogen) atoms. The number of hydrogen-bond acceptors (Lipinski definition) is 6. The number of thioether (sulfide) groups is 1. The molecule has 222 valence electrons. The maximum Gasteiger partial charge on any atom is 0.254 e. The first kappa shape index (κ1) is 31.4. The number of aromatic hydroxyl groups is 1. The van der Waals surface area contributed by atoms with E-state index < -0.39 is 34.7 Å². The van der Waals surface area contributed by atoms with Gasteiger partial charge >= 0.3 is 0 Å². The van der Waals surface area contributed by atoms with E-state index in [1.54, 1.807) is 25.1 Å². The van der Waals surface area contributed by atoms with Gasteiger partial charge in [0.15, 0.2) is 6.10 Å². The number of aryl methyl sites for hydroxylation is 1. The molecule has 1 aliphatic heterocycles. The minimum Gasteiger partial charge on any atom is -0.508 e. The number of benzene rings is 3. The van der Waals surface area contributed by atoms with Crippen LogP contribution in [0.5, 0.6) is 5.75 Å². The van der Waals surface area contributed by atoms with Crippen LogP contribution in [0.4, 0.5) is 0 Å². The number of carbonyl (C=O) groups is 3. The molecule has 1 saturated heterocycles. The van der Waals surface area contributed by atoms with Crippen LogP contribution in [0.15, 0.2) is 66.7 Å². The number of hydrogen-bond donors (Lipinski definition) is 4. The van der Waals surface area contributed by atoms with Crippen molar-refractivity contribution in [3.8, 4) is 5.75 Å². The van der Waals surface area contributed by atoms with Crippen molar-refractivity contribution in [1.82, 2.24) is 15.5 Å². The van der Waals surface area contributed by atoms with E-state index in [4.69, 9.17) is 11.6 Å². The highest BCUT2D eigenvalue weighted by atomic mass is 35.5. The van der Waals surface area contributed by atoms with Crippen molar-refractivity contribution < 1.29 is 24.6 Å². The van der Waals surface area contributed by atoms with Gasteiger partial charge in [-0.05, 0) is 75.1 Å². The molecule has 0 aliphatic carbocycles. The van der Waals surface area contributed by atoms with Crippen LogP contribution in [0.2, 0.25) is 5.02 Å². The first-order valence-corrected chi connectivity index (χ1v) is 15.0. The highest BCUT2D eigenvalue weighted by Crippen LogP contribution is 2.40. The van der Waals surface area contributed by atoms with E-state index in [0.717, 1.165) is 16.7 Å². The summed E-state index contributed by atoms with van der Waals surface area (Å²) < 4.78 is -0.620. The SMILES string of the molecule is Cc1cc(Cl)ccc1CNC(=O)[C@H]1N(C(=O)[C@@H](O)[C@H](Cc2ccccc2)NC(=O)c2cccc(O)c2C)CSC1(C)C. The van der Waals surface area contributed by atoms with Crippen molar-refractivity contribution in [2.45, 2.75) is 63.6 Å². The van der Waals surface area contributed by atoms with E-state index >= 15 is 0 Å². The summed E-state index contributed by atoms with van der Waals surface area (Å²) in [7, 11) is 0. The fourth-order valence-corrected chi connectivity index (χ4v) is 6.48. The maximum absolute atomic E-state index is 13.9. The molecule has 10 heteroatoms. The topological polar surface area (TPSA) is 119 Å². The van der Waals surface area contributed by atoms with Crippen molar-refractivity contribution in [3.63, 3.8) is 0 Å². The third-order valence-corrected chi connectivity index (χ3v) is 9.24. The molecule has 0 unspecified atom stereocenters. The van der Waals surface area contributed by atoms with E-state index in [0.29, 0.717) is 10.6 Å². The summed E-state index contributed by atoms with van der Waals surface area (Å²) >= 11 is 7.51. The number of halogens is 1. The summed E-state index contributed by atoms with van der Waals surface area (Å²) in [5, 5.41) is 27.9. The second kappa shape index (κ2) is 13.2. The Balaban J connectivity index is 1.56. The van der Waals surface area contributed by atoms with Crippen LogP contribution in [-0.2, 0) is 22.6 Å². The average molecular weight is 610 g/mol. The Bertz CT molecular complexity index is 1470. The second-order valence-corrected chi connectivity index (χ2v) is 13.1. The van der Waals surface area contributed by atoms with Gasteiger partial charge in [-0.15, -0.1) is 11.8 Å². The quantitative estimate of drug-likeness (QED) is 0.286. The lowest BCUT2D eigenvalue weighted by molar-refractivity contribution is -0.147. The van der Waals surface area contributed by atoms with Crippen LogP contribution < -0.4 is 10.6 Å². The molecule has 3 aromatic rings. The third kappa shape index (κ3) is 7.09. The Hall–Kier alpha value is -3.53. The molecule has 1 fully saturated rings. The largest absolute Gasteiger partial charge is 0.508 e. The normalized spacial score (nSPS) is 17.4. The monoisotopic (exact) mass is 609 g/mol. The summed E-state index contributed by atoms with van der Waals surface area (Å²) in [4.78, 5) is 42.1. The number of nitrogens with one attached hydrogen (secondary N) is 2. The molecule has 0 aromatic heterocycles. The Morgan fingerprint density at radius 3 is 2.48 bits per heavy atom. The number of aliphatic hydroxyl groups excluding tert-OH is 1. The number of nitrogens with zero attached hydrogens (tertiary/aromatic N) is 1. The van der Waals surface area contributed by atoms with Crippen LogP contribution in [0.1, 0.15) is 46.5 Å². The minimum atomic E-state index is -1.63. The van der Waals surface area contributed by atoms with E-state index in [1.807, 2.05) is 63.2 Å². The molecule has 3 atom stereocenters. The van der Waals surface area contributed by atoms with Crippen LogP contribution in [0.25, 0.3) is 0 Å². The Labute approximate surface area is 255 Å². The summed E-state index contributed by atoms with van der Waals surface area (Å²) in [6.07, 6.45) is -1.45. The molecule has 4 N–H and O–H groups in total. The first-order valence-electron chi connectivity index (χ1n) is 13.7. The lowest BCUT2D eigenvalue weighted by Crippen LogP contribution is -2.58. The minimum absolute atomic E-state index is 0.0298. The van der Waals surface area contributed by atoms with Gasteiger partial charge in [0.25, 0.3) is 11.8 Å². The Kier molecular flexibility index (Phi) is 9.86. The second-order valence-electron chi connectivity index (χ2n) is 11.0. The van der Waals surface area contributed by atoms with Crippen molar-refractivity contribution in [1.29, 1.82) is 0 Å². The molecule has 0 saturated carbocycles. The third-order valence-electron chi connectivity index (χ3n) is 7.63. The van der Waals surface area contributed by atoms with Gasteiger partial charge in [-0.3, -0.25) is 14.4 Å². The number of rotatable bonds is 9. The number of aliphatic hydroxyl groups is 1. The standard InChI is InChI=1S/C32H36ClN3O5S/c1-19-15-23(33)14-13-22(19)17-34-30(40)28-32(3,4)42-18-36(28)31(41)27(38)25(16-21-9-6-5-7-10-21)35-29(39)24-11-8-12-26(37)20(24)2/h5-15,25,27-28,37-38H,16-18H2,1-4H3,(H,34,40)(H,35,39)/t25-,27-,28+/m0/s1. The molecule has 0 bridgehead atoms. The summed E-state index contributed by atoms with van der Waals surface area (Å²) in [6, 6.07) is 17.4. The van der Waals surface area contributed by atoms with Gasteiger partial charge < -0.3 is 25.7 Å². The fourth-order valence-electron chi connectivity index (χ4n) is 5.12. The van der Waals surface area contributed by atoms with Crippen LogP contribution in [0.3, 0.4) is 0 Å². The molecule has 3 amide bonds. The molecular weight excluding hydrogens is 574 g/mol. The zero-order valence-corrected chi connectivity index (χ0v) is 25.6. The van der Waals surface area contributed by atoms with Gasteiger partial charge in [0.1, 0.15) is 11.8 Å². The number of carbonyl (C=O) groups excluding carboxylic acids is 3. The van der Waals surface area contributed by atoms with Crippen molar-refractivity contribution in [3.05, 3.63) is 99.6 Å². The first-order chi connectivity index (χ1) is 19.9. The molecule has 1 heterocycles. The lowest BCUT2D eigenvalue weighted by atomic mass is 9.96. The van der Waals surface area contributed by atoms with Crippen LogP contribution in [-0.4, -0.2) is 61.6 Å². The zero-order valence-electron chi connectivity index (χ0n) is 24.1. The molecule has 0 radical (unpaired) electrons. The summed E-state index contributed by atoms with van der Waals surface area (Å²) in [5.74, 6) is -1.33. The highest BCUT2D eigenvalue weighted by molar-refractivity contribution is 8.00. The van der Waals surface area contributed by atoms with Crippen molar-refractivity contribution >= 4 is 41.1 Å². The van der Waals surface area contributed by atoms with E-state index in [1.165, 1.54) is 22.7 Å². The van der Waals surface area contributed by atoms with Gasteiger partial charge in [0.2, 0.25) is 5.91 Å². The van der Waals surface area contributed by atoms with Gasteiger partial charge in [0.05, 0.1) is 11.9 Å². The summed E-state index contributed by atoms with van der Waals surface area (Å²) in [5.41, 5.74) is 3.28. The molecule has 8 nitrogen and oxygen atoms in total. The smallest absolute Gasteiger partial charge is 0.254 e. The van der Waals surface area contributed by atoms with E-state index in [2.05, 4.69) is 10.6 Å². The van der Waals surface area contributed by atoms with Gasteiger partial charge in [-0.25, -0.2) is 0 Å². The Morgan fingerprint density at radius 1 is 1.07 bits per heavy atom. The van der Waals surface area contributed by atoms with Crippen LogP contribution >= 0.6 is 23.4 Å². The number of phenolic OH excluding ortho intramolecular Hbond substituents is 1. The summed E-state index contributed by atoms with van der Waals surface area (Å²) in [6.45, 7) is 7.58. The predicted octanol–water partition coefficient (Wildman–Crippen LogP) is 4.36. The molecule has 3 aromatic carbocycles. The van der Waals surface area contributed by atoms with Gasteiger partial charge in [-0.1, -0.05) is 54.1 Å². The van der Waals surface area contributed by atoms with Crippen molar-refractivity contribution in [2.24, 2.45) is 0 Å². The van der Waals surface area contributed by atoms with Crippen molar-refractivity contribution in [2.75, 3.05) is 5.88 Å². The fraction of sp³-hybridized carbons (Fsp3) is 0.344. The number of amides is 3. The predicted molar refractivity (Wildman–Crippen MR) is 165 cm³/mol. The molecular formula is C32H36ClN3O5S. The van der Waals surface area contributed by atoms with Crippen LogP contribution in [0, 0.1) is 13.8 Å². The van der Waals surface area contributed by atoms with E-state index in [9.17, 15) is 24.6 Å². The molecule has 0 spiro atoms. The molecule has 1 aliphatic rings. The van der Waals surface area contributed by atoms with Gasteiger partial charge in [0, 0.05) is 27.4 Å². The average Bonchev–Trinajstić information content (AvgIpc) is 3.28. The van der Waals surface area contributed by atoms with Gasteiger partial charge in [-0.2, -0.15) is 0 Å². The molecule has 4 rings (SSSR count). The van der Waals surface area contributed by atoms with E-state index in [-0.39, 0.29) is 36.1 Å². The maximum atomic E-state index is 13.9. The zero-order chi connectivity index (χ0) is 30.6. The Morgan fingerprint density at radius 2 is 1.79 bits per heavy atom. The lowest BCUT2D eigenvalue weighted by Gasteiger charge is -2.33.